The fraction of sp³-hybridized carbons (Fsp3) is 0.933. The predicted molar refractivity (Wildman–Crippen MR) is 75.6 cm³/mol. The minimum Gasteiger partial charge on any atom is -0.382 e. The Kier molecular flexibility index (Phi) is 7.09. The molecule has 0 amide bonds. The molecular formula is C15H28O5. The van der Waals surface area contributed by atoms with Crippen LogP contribution in [0, 0.1) is 0 Å². The molecule has 0 aromatic carbocycles. The minimum atomic E-state index is -0.477. The van der Waals surface area contributed by atoms with Gasteiger partial charge in [0.05, 0.1) is 12.7 Å². The molecule has 2 aliphatic rings. The van der Waals surface area contributed by atoms with Crippen LogP contribution >= 0.6 is 0 Å². The Labute approximate surface area is 121 Å². The van der Waals surface area contributed by atoms with E-state index < -0.39 is 5.79 Å². The van der Waals surface area contributed by atoms with Gasteiger partial charge in [-0.2, -0.15) is 0 Å². The number of rotatable bonds is 4. The van der Waals surface area contributed by atoms with Crippen LogP contribution in [0.25, 0.3) is 0 Å². The molecule has 2 heterocycles. The zero-order valence-corrected chi connectivity index (χ0v) is 13.3. The second-order valence-electron chi connectivity index (χ2n) is 5.74. The number of ether oxygens (including phenoxy) is 4. The number of carbonyl (C=O) groups is 1. The van der Waals surface area contributed by atoms with Crippen molar-refractivity contribution in [1.29, 1.82) is 0 Å². The van der Waals surface area contributed by atoms with Gasteiger partial charge in [-0.15, -0.1) is 0 Å². The van der Waals surface area contributed by atoms with Crippen molar-refractivity contribution in [2.45, 2.75) is 71.1 Å². The van der Waals surface area contributed by atoms with Crippen molar-refractivity contribution in [1.82, 2.24) is 0 Å². The maximum absolute atomic E-state index is 10.0. The predicted octanol–water partition coefficient (Wildman–Crippen LogP) is 2.32. The number of Topliss-reactive ketones (excluding diaryl/α,β-unsaturated/α-hetero) is 1. The third-order valence-corrected chi connectivity index (χ3v) is 3.26. The number of methoxy groups -OCH3 is 1. The number of ketones is 1. The zero-order chi connectivity index (χ0) is 15.2. The lowest BCUT2D eigenvalue weighted by Crippen LogP contribution is -2.45. The first kappa shape index (κ1) is 17.6. The lowest BCUT2D eigenvalue weighted by Gasteiger charge is -2.30. The highest BCUT2D eigenvalue weighted by Crippen LogP contribution is 2.35. The second-order valence-corrected chi connectivity index (χ2v) is 5.74. The van der Waals surface area contributed by atoms with Gasteiger partial charge in [-0.3, -0.25) is 0 Å². The molecule has 2 saturated heterocycles. The summed E-state index contributed by atoms with van der Waals surface area (Å²) < 4.78 is 22.3. The van der Waals surface area contributed by atoms with Gasteiger partial charge in [-0.05, 0) is 33.6 Å². The first-order valence-corrected chi connectivity index (χ1v) is 7.35. The molecular weight excluding hydrogens is 260 g/mol. The topological polar surface area (TPSA) is 54.0 Å². The summed E-state index contributed by atoms with van der Waals surface area (Å²) in [4.78, 5) is 10.0. The summed E-state index contributed by atoms with van der Waals surface area (Å²) in [5, 5.41) is 0. The van der Waals surface area contributed by atoms with Crippen LogP contribution in [0.15, 0.2) is 0 Å². The van der Waals surface area contributed by atoms with Gasteiger partial charge in [-0.25, -0.2) is 0 Å². The van der Waals surface area contributed by atoms with Gasteiger partial charge >= 0.3 is 0 Å². The summed E-state index contributed by atoms with van der Waals surface area (Å²) in [6, 6.07) is 0. The van der Waals surface area contributed by atoms with E-state index in [0.29, 0.717) is 6.61 Å². The molecule has 3 atom stereocenters. The Morgan fingerprint density at radius 2 is 2.05 bits per heavy atom. The highest BCUT2D eigenvalue weighted by molar-refractivity contribution is 5.75. The molecule has 0 aliphatic carbocycles. The highest BCUT2D eigenvalue weighted by Gasteiger charge is 2.47. The second kappa shape index (κ2) is 8.08. The summed E-state index contributed by atoms with van der Waals surface area (Å²) in [6.07, 6.45) is 2.84. The van der Waals surface area contributed by atoms with Crippen LogP contribution < -0.4 is 0 Å². The Bertz CT molecular complexity index is 301. The molecule has 0 aromatic heterocycles. The van der Waals surface area contributed by atoms with Crippen molar-refractivity contribution in [3.63, 3.8) is 0 Å². The van der Waals surface area contributed by atoms with Crippen LogP contribution in [0.5, 0.6) is 0 Å². The van der Waals surface area contributed by atoms with Crippen molar-refractivity contribution in [3.8, 4) is 0 Å². The lowest BCUT2D eigenvalue weighted by atomic mass is 10.0. The molecule has 0 bridgehead atoms. The van der Waals surface area contributed by atoms with Crippen molar-refractivity contribution in [2.75, 3.05) is 20.3 Å². The van der Waals surface area contributed by atoms with Gasteiger partial charge in [-0.1, -0.05) is 6.92 Å². The summed E-state index contributed by atoms with van der Waals surface area (Å²) in [5.41, 5.74) is 0. The largest absolute Gasteiger partial charge is 0.382 e. The summed E-state index contributed by atoms with van der Waals surface area (Å²) in [6.45, 7) is 8.80. The molecule has 0 N–H and O–H groups in total. The van der Waals surface area contributed by atoms with Crippen LogP contribution in [0.2, 0.25) is 0 Å². The van der Waals surface area contributed by atoms with Crippen LogP contribution in [-0.2, 0) is 23.7 Å². The van der Waals surface area contributed by atoms with E-state index in [2.05, 4.69) is 0 Å². The SMILES string of the molecule is CCCC(C)=O.COCC1OCCC2OC(C)(C)OC12. The quantitative estimate of drug-likeness (QED) is 0.794. The van der Waals surface area contributed by atoms with Crippen LogP contribution in [0.4, 0.5) is 0 Å². The summed E-state index contributed by atoms with van der Waals surface area (Å²) >= 11 is 0. The average molecular weight is 288 g/mol. The first-order chi connectivity index (χ1) is 9.39. The molecule has 0 saturated carbocycles. The monoisotopic (exact) mass is 288 g/mol. The lowest BCUT2D eigenvalue weighted by molar-refractivity contribution is -0.158. The molecule has 118 valence electrons. The average Bonchev–Trinajstić information content (AvgIpc) is 2.65. The number of carbonyl (C=O) groups excluding carboxylic acids is 1. The summed E-state index contributed by atoms with van der Waals surface area (Å²) in [7, 11) is 1.67. The molecule has 2 aliphatic heterocycles. The van der Waals surface area contributed by atoms with Crippen LogP contribution in [-0.4, -0.2) is 50.2 Å². The fourth-order valence-electron chi connectivity index (χ4n) is 2.49. The molecule has 2 rings (SSSR count). The van der Waals surface area contributed by atoms with E-state index in [-0.39, 0.29) is 24.1 Å². The normalized spacial score (nSPS) is 31.1. The molecule has 0 radical (unpaired) electrons. The van der Waals surface area contributed by atoms with E-state index in [1.807, 2.05) is 20.8 Å². The van der Waals surface area contributed by atoms with Crippen molar-refractivity contribution >= 4 is 5.78 Å². The van der Waals surface area contributed by atoms with E-state index in [1.54, 1.807) is 14.0 Å². The third kappa shape index (κ3) is 5.48. The molecule has 20 heavy (non-hydrogen) atoms. The molecule has 5 heteroatoms. The van der Waals surface area contributed by atoms with Gasteiger partial charge in [0.1, 0.15) is 18.0 Å². The van der Waals surface area contributed by atoms with Gasteiger partial charge in [0.15, 0.2) is 5.79 Å². The highest BCUT2D eigenvalue weighted by atomic mass is 16.8. The van der Waals surface area contributed by atoms with Gasteiger partial charge in [0.2, 0.25) is 0 Å². The Morgan fingerprint density at radius 3 is 2.55 bits per heavy atom. The van der Waals surface area contributed by atoms with Gasteiger partial charge in [0, 0.05) is 20.1 Å². The van der Waals surface area contributed by atoms with Crippen molar-refractivity contribution < 1.29 is 23.7 Å². The maximum atomic E-state index is 10.0. The Hall–Kier alpha value is -0.490. The number of hydrogen-bond donors (Lipinski definition) is 0. The Morgan fingerprint density at radius 1 is 1.35 bits per heavy atom. The van der Waals surface area contributed by atoms with E-state index in [0.717, 1.165) is 25.9 Å². The standard InChI is InChI=1S/C10H18O4.C5H10O/c1-10(2)13-7-4-5-12-8(6-11-3)9(7)14-10;1-3-4-5(2)6/h7-9H,4-6H2,1-3H3;3-4H2,1-2H3. The molecule has 0 aromatic rings. The van der Waals surface area contributed by atoms with Crippen molar-refractivity contribution in [3.05, 3.63) is 0 Å². The van der Waals surface area contributed by atoms with E-state index >= 15 is 0 Å². The Balaban J connectivity index is 0.000000286. The van der Waals surface area contributed by atoms with E-state index in [1.165, 1.54) is 0 Å². The summed E-state index contributed by atoms with van der Waals surface area (Å²) in [5.74, 6) is -0.188. The zero-order valence-electron chi connectivity index (χ0n) is 13.3. The number of fused-ring (bicyclic) bond motifs is 1. The minimum absolute atomic E-state index is 0.0144. The van der Waals surface area contributed by atoms with Crippen molar-refractivity contribution in [2.24, 2.45) is 0 Å². The smallest absolute Gasteiger partial charge is 0.163 e. The molecule has 3 unspecified atom stereocenters. The first-order valence-electron chi connectivity index (χ1n) is 7.35. The van der Waals surface area contributed by atoms with Gasteiger partial charge < -0.3 is 23.7 Å². The molecule has 5 nitrogen and oxygen atoms in total. The van der Waals surface area contributed by atoms with E-state index in [9.17, 15) is 4.79 Å². The third-order valence-electron chi connectivity index (χ3n) is 3.26. The van der Waals surface area contributed by atoms with E-state index in [4.69, 9.17) is 18.9 Å². The maximum Gasteiger partial charge on any atom is 0.163 e. The number of hydrogen-bond acceptors (Lipinski definition) is 5. The van der Waals surface area contributed by atoms with Crippen LogP contribution in [0.3, 0.4) is 0 Å². The molecule has 2 fully saturated rings. The van der Waals surface area contributed by atoms with Crippen LogP contribution in [0.1, 0.15) is 47.0 Å². The molecule has 0 spiro atoms. The fourth-order valence-corrected chi connectivity index (χ4v) is 2.49. The van der Waals surface area contributed by atoms with Gasteiger partial charge in [0.25, 0.3) is 0 Å².